The summed E-state index contributed by atoms with van der Waals surface area (Å²) >= 11 is 1.16. The molecule has 0 aliphatic heterocycles. The average molecular weight is 340 g/mol. The van der Waals surface area contributed by atoms with E-state index in [4.69, 9.17) is 5.73 Å². The minimum Gasteiger partial charge on any atom is -0.398 e. The maximum Gasteiger partial charge on any atom is 0.263 e. The Kier molecular flexibility index (Phi) is 4.43. The minimum absolute atomic E-state index is 0.217. The number of pyridine rings is 1. The van der Waals surface area contributed by atoms with Gasteiger partial charge in [-0.2, -0.15) is 0 Å². The lowest BCUT2D eigenvalue weighted by Gasteiger charge is -2.03. The summed E-state index contributed by atoms with van der Waals surface area (Å²) in [4.78, 5) is 31.8. The SMILES string of the molecule is Cc1nc(-c2c(N)cc[nH]c2=O)sc1C(=O)NCc1ccccc1. The van der Waals surface area contributed by atoms with Crippen molar-refractivity contribution in [3.8, 4) is 10.6 Å². The number of nitrogen functional groups attached to an aromatic ring is 1. The lowest BCUT2D eigenvalue weighted by Crippen LogP contribution is -2.22. The number of nitrogens with zero attached hydrogens (tertiary/aromatic N) is 1. The predicted octanol–water partition coefficient (Wildman–Crippen LogP) is 2.32. The molecule has 0 aliphatic rings. The van der Waals surface area contributed by atoms with Gasteiger partial charge in [-0.3, -0.25) is 9.59 Å². The fourth-order valence-electron chi connectivity index (χ4n) is 2.29. The van der Waals surface area contributed by atoms with Gasteiger partial charge < -0.3 is 16.0 Å². The van der Waals surface area contributed by atoms with E-state index < -0.39 is 0 Å². The van der Waals surface area contributed by atoms with E-state index in [1.54, 1.807) is 13.0 Å². The largest absolute Gasteiger partial charge is 0.398 e. The van der Waals surface area contributed by atoms with Gasteiger partial charge in [-0.25, -0.2) is 4.98 Å². The van der Waals surface area contributed by atoms with Crippen molar-refractivity contribution in [3.63, 3.8) is 0 Å². The van der Waals surface area contributed by atoms with Crippen LogP contribution in [0.1, 0.15) is 20.9 Å². The molecular weight excluding hydrogens is 324 g/mol. The minimum atomic E-state index is -0.319. The van der Waals surface area contributed by atoms with Gasteiger partial charge >= 0.3 is 0 Å². The zero-order valence-corrected chi connectivity index (χ0v) is 13.8. The number of hydrogen-bond donors (Lipinski definition) is 3. The Bertz CT molecular complexity index is 931. The molecule has 7 heteroatoms. The van der Waals surface area contributed by atoms with Crippen LogP contribution in [0.4, 0.5) is 5.69 Å². The van der Waals surface area contributed by atoms with Gasteiger partial charge in [0.05, 0.1) is 11.3 Å². The van der Waals surface area contributed by atoms with Crippen molar-refractivity contribution in [2.75, 3.05) is 5.73 Å². The molecule has 2 aromatic heterocycles. The van der Waals surface area contributed by atoms with E-state index in [1.165, 1.54) is 6.20 Å². The van der Waals surface area contributed by atoms with Gasteiger partial charge in [0, 0.05) is 18.4 Å². The van der Waals surface area contributed by atoms with Crippen molar-refractivity contribution in [3.05, 3.63) is 69.1 Å². The number of H-pyrrole nitrogens is 1. The van der Waals surface area contributed by atoms with Crippen LogP contribution in [0.5, 0.6) is 0 Å². The second-order valence-electron chi connectivity index (χ2n) is 5.24. The normalized spacial score (nSPS) is 10.5. The summed E-state index contributed by atoms with van der Waals surface area (Å²) in [5.74, 6) is -0.217. The van der Waals surface area contributed by atoms with Crippen LogP contribution in [0.2, 0.25) is 0 Å². The quantitative estimate of drug-likeness (QED) is 0.678. The van der Waals surface area contributed by atoms with E-state index in [1.807, 2.05) is 30.3 Å². The van der Waals surface area contributed by atoms with Crippen molar-refractivity contribution >= 4 is 22.9 Å². The van der Waals surface area contributed by atoms with E-state index in [0.29, 0.717) is 33.4 Å². The second kappa shape index (κ2) is 6.67. The number of carbonyl (C=O) groups excluding carboxylic acids is 1. The van der Waals surface area contributed by atoms with Crippen LogP contribution >= 0.6 is 11.3 Å². The molecule has 0 spiro atoms. The molecule has 1 aromatic carbocycles. The maximum atomic E-state index is 12.4. The van der Waals surface area contributed by atoms with Crippen LogP contribution in [-0.4, -0.2) is 15.9 Å². The first kappa shape index (κ1) is 15.9. The van der Waals surface area contributed by atoms with Crippen molar-refractivity contribution < 1.29 is 4.79 Å². The molecule has 6 nitrogen and oxygen atoms in total. The summed E-state index contributed by atoms with van der Waals surface area (Å²) in [5.41, 5.74) is 7.77. The number of anilines is 1. The summed E-state index contributed by atoms with van der Waals surface area (Å²) in [7, 11) is 0. The van der Waals surface area contributed by atoms with Crippen LogP contribution in [0.25, 0.3) is 10.6 Å². The number of benzene rings is 1. The van der Waals surface area contributed by atoms with Gasteiger partial charge in [-0.1, -0.05) is 30.3 Å². The molecule has 0 saturated carbocycles. The third-order valence-corrected chi connectivity index (χ3v) is 4.68. The number of thiazole rings is 1. The summed E-state index contributed by atoms with van der Waals surface area (Å²) in [6.45, 7) is 2.17. The first-order chi connectivity index (χ1) is 11.6. The van der Waals surface area contributed by atoms with Crippen molar-refractivity contribution in [1.82, 2.24) is 15.3 Å². The average Bonchev–Trinajstić information content (AvgIpc) is 2.95. The number of nitrogens with one attached hydrogen (secondary N) is 2. The highest BCUT2D eigenvalue weighted by atomic mass is 32.1. The molecular formula is C17H16N4O2S. The predicted molar refractivity (Wildman–Crippen MR) is 94.9 cm³/mol. The van der Waals surface area contributed by atoms with Crippen molar-refractivity contribution in [2.24, 2.45) is 0 Å². The Hall–Kier alpha value is -2.93. The highest BCUT2D eigenvalue weighted by Gasteiger charge is 2.19. The molecule has 0 fully saturated rings. The summed E-state index contributed by atoms with van der Waals surface area (Å²) in [6, 6.07) is 11.2. The lowest BCUT2D eigenvalue weighted by atomic mass is 10.2. The number of aromatic nitrogens is 2. The molecule has 2 heterocycles. The summed E-state index contributed by atoms with van der Waals surface area (Å²) in [6.07, 6.45) is 1.48. The molecule has 24 heavy (non-hydrogen) atoms. The molecule has 0 atom stereocenters. The van der Waals surface area contributed by atoms with E-state index in [2.05, 4.69) is 15.3 Å². The first-order valence-electron chi connectivity index (χ1n) is 7.33. The molecule has 0 saturated heterocycles. The Morgan fingerprint density at radius 3 is 2.75 bits per heavy atom. The van der Waals surface area contributed by atoms with E-state index in [9.17, 15) is 9.59 Å². The topological polar surface area (TPSA) is 101 Å². The monoisotopic (exact) mass is 340 g/mol. The van der Waals surface area contributed by atoms with Crippen LogP contribution in [0, 0.1) is 6.92 Å². The number of carbonyl (C=O) groups is 1. The molecule has 122 valence electrons. The highest BCUT2D eigenvalue weighted by Crippen LogP contribution is 2.28. The Balaban J connectivity index is 1.84. The van der Waals surface area contributed by atoms with Gasteiger partial charge in [0.15, 0.2) is 0 Å². The van der Waals surface area contributed by atoms with Gasteiger partial charge in [-0.15, -0.1) is 11.3 Å². The van der Waals surface area contributed by atoms with Crippen molar-refractivity contribution in [1.29, 1.82) is 0 Å². The first-order valence-corrected chi connectivity index (χ1v) is 8.15. The number of aryl methyl sites for hydroxylation is 1. The van der Waals surface area contributed by atoms with Gasteiger partial charge in [0.1, 0.15) is 9.88 Å². The number of rotatable bonds is 4. The zero-order chi connectivity index (χ0) is 17.1. The summed E-state index contributed by atoms with van der Waals surface area (Å²) in [5, 5.41) is 3.31. The Morgan fingerprint density at radius 1 is 1.29 bits per heavy atom. The molecule has 3 aromatic rings. The van der Waals surface area contributed by atoms with Gasteiger partial charge in [0.25, 0.3) is 11.5 Å². The van der Waals surface area contributed by atoms with Crippen LogP contribution in [0.3, 0.4) is 0 Å². The van der Waals surface area contributed by atoms with E-state index in [-0.39, 0.29) is 11.5 Å². The number of aromatic amines is 1. The zero-order valence-electron chi connectivity index (χ0n) is 13.0. The molecule has 1 amide bonds. The highest BCUT2D eigenvalue weighted by molar-refractivity contribution is 7.17. The van der Waals surface area contributed by atoms with Crippen LogP contribution < -0.4 is 16.6 Å². The number of nitrogens with two attached hydrogens (primary N) is 1. The van der Waals surface area contributed by atoms with Gasteiger partial charge in [-0.05, 0) is 18.6 Å². The lowest BCUT2D eigenvalue weighted by molar-refractivity contribution is 0.0954. The molecule has 0 aliphatic carbocycles. The molecule has 4 N–H and O–H groups in total. The van der Waals surface area contributed by atoms with Crippen LogP contribution in [0.15, 0.2) is 47.4 Å². The van der Waals surface area contributed by atoms with E-state index in [0.717, 1.165) is 16.9 Å². The molecule has 0 radical (unpaired) electrons. The van der Waals surface area contributed by atoms with Crippen molar-refractivity contribution in [2.45, 2.75) is 13.5 Å². The fraction of sp³-hybridized carbons (Fsp3) is 0.118. The van der Waals surface area contributed by atoms with Crippen LogP contribution in [-0.2, 0) is 6.54 Å². The van der Waals surface area contributed by atoms with E-state index >= 15 is 0 Å². The summed E-state index contributed by atoms with van der Waals surface area (Å²) < 4.78 is 0. The standard InChI is InChI=1S/C17H16N4O2S/c1-10-14(16(23)20-9-11-5-3-2-4-6-11)24-17(21-10)13-12(18)7-8-19-15(13)22/h2-8H,9H2,1H3,(H,20,23)(H3,18,19,22). The molecule has 0 bridgehead atoms. The third-order valence-electron chi connectivity index (χ3n) is 3.51. The third kappa shape index (κ3) is 3.21. The smallest absolute Gasteiger partial charge is 0.263 e. The molecule has 3 rings (SSSR count). The maximum absolute atomic E-state index is 12.4. The number of hydrogen-bond acceptors (Lipinski definition) is 5. The molecule has 0 unspecified atom stereocenters. The second-order valence-corrected chi connectivity index (χ2v) is 6.24. The Morgan fingerprint density at radius 2 is 2.04 bits per heavy atom. The fourth-order valence-corrected chi connectivity index (χ4v) is 3.33. The Labute approximate surface area is 142 Å². The number of amides is 1. The van der Waals surface area contributed by atoms with Gasteiger partial charge in [0.2, 0.25) is 0 Å².